The van der Waals surface area contributed by atoms with E-state index >= 15 is 0 Å². The Hall–Kier alpha value is -2.14. The molecule has 0 spiro atoms. The maximum atomic E-state index is 12.2. The zero-order valence-corrected chi connectivity index (χ0v) is 12.5. The molecular weight excluding hydrogens is 268 g/mol. The molecule has 0 aliphatic heterocycles. The molecule has 1 aromatic rings. The summed E-state index contributed by atoms with van der Waals surface area (Å²) in [5.41, 5.74) is 0.726. The SMILES string of the molecule is C=CCN(CC(=O)OCC)C(C)C(=O)Nc1ccccc1. The molecule has 0 radical (unpaired) electrons. The molecule has 0 heterocycles. The second kappa shape index (κ2) is 8.92. The zero-order chi connectivity index (χ0) is 15.7. The Labute approximate surface area is 125 Å². The number of ether oxygens (including phenoxy) is 1. The first-order valence-corrected chi connectivity index (χ1v) is 6.95. The van der Waals surface area contributed by atoms with Crippen molar-refractivity contribution in [2.75, 3.05) is 25.0 Å². The molecule has 1 rings (SSSR count). The average molecular weight is 290 g/mol. The molecule has 21 heavy (non-hydrogen) atoms. The van der Waals surface area contributed by atoms with Crippen molar-refractivity contribution in [3.63, 3.8) is 0 Å². The largest absolute Gasteiger partial charge is 0.465 e. The summed E-state index contributed by atoms with van der Waals surface area (Å²) in [6.45, 7) is 7.97. The number of amides is 1. The monoisotopic (exact) mass is 290 g/mol. The molecule has 0 aliphatic carbocycles. The highest BCUT2D eigenvalue weighted by Gasteiger charge is 2.23. The predicted octanol–water partition coefficient (Wildman–Crippen LogP) is 2.06. The molecule has 1 N–H and O–H groups in total. The van der Waals surface area contributed by atoms with Crippen molar-refractivity contribution in [3.05, 3.63) is 43.0 Å². The Morgan fingerprint density at radius 3 is 2.62 bits per heavy atom. The number of nitrogens with one attached hydrogen (secondary N) is 1. The van der Waals surface area contributed by atoms with Gasteiger partial charge in [0.05, 0.1) is 19.2 Å². The number of hydrogen-bond acceptors (Lipinski definition) is 4. The van der Waals surface area contributed by atoms with Crippen LogP contribution in [0.25, 0.3) is 0 Å². The Balaban J connectivity index is 2.66. The van der Waals surface area contributed by atoms with Crippen LogP contribution < -0.4 is 5.32 Å². The quantitative estimate of drug-likeness (QED) is 0.588. The van der Waals surface area contributed by atoms with Crippen LogP contribution in [0.2, 0.25) is 0 Å². The van der Waals surface area contributed by atoms with Gasteiger partial charge >= 0.3 is 5.97 Å². The summed E-state index contributed by atoms with van der Waals surface area (Å²) in [6, 6.07) is 8.74. The fourth-order valence-corrected chi connectivity index (χ4v) is 1.83. The number of benzene rings is 1. The smallest absolute Gasteiger partial charge is 0.320 e. The first-order chi connectivity index (χ1) is 10.1. The van der Waals surface area contributed by atoms with Crippen LogP contribution in [0.1, 0.15) is 13.8 Å². The number of esters is 1. The van der Waals surface area contributed by atoms with E-state index in [4.69, 9.17) is 4.74 Å². The van der Waals surface area contributed by atoms with Gasteiger partial charge in [0, 0.05) is 12.2 Å². The second-order valence-electron chi connectivity index (χ2n) is 4.55. The minimum Gasteiger partial charge on any atom is -0.465 e. The van der Waals surface area contributed by atoms with E-state index in [9.17, 15) is 9.59 Å². The maximum Gasteiger partial charge on any atom is 0.320 e. The van der Waals surface area contributed by atoms with Gasteiger partial charge in [-0.1, -0.05) is 24.3 Å². The summed E-state index contributed by atoms with van der Waals surface area (Å²) >= 11 is 0. The Morgan fingerprint density at radius 1 is 1.38 bits per heavy atom. The van der Waals surface area contributed by atoms with E-state index in [0.717, 1.165) is 5.69 Å². The van der Waals surface area contributed by atoms with Crippen LogP contribution in [0, 0.1) is 0 Å². The minimum absolute atomic E-state index is 0.0588. The van der Waals surface area contributed by atoms with Gasteiger partial charge in [-0.3, -0.25) is 14.5 Å². The van der Waals surface area contributed by atoms with E-state index in [1.165, 1.54) is 0 Å². The van der Waals surface area contributed by atoms with Crippen LogP contribution in [0.4, 0.5) is 5.69 Å². The number of anilines is 1. The third-order valence-corrected chi connectivity index (χ3v) is 2.97. The van der Waals surface area contributed by atoms with Crippen LogP contribution in [-0.2, 0) is 14.3 Å². The highest BCUT2D eigenvalue weighted by atomic mass is 16.5. The summed E-state index contributed by atoms with van der Waals surface area (Å²) in [5, 5.41) is 2.82. The fourth-order valence-electron chi connectivity index (χ4n) is 1.83. The van der Waals surface area contributed by atoms with Crippen molar-refractivity contribution in [2.45, 2.75) is 19.9 Å². The molecule has 114 valence electrons. The Morgan fingerprint density at radius 2 is 2.05 bits per heavy atom. The molecular formula is C16H22N2O3. The van der Waals surface area contributed by atoms with E-state index in [2.05, 4.69) is 11.9 Å². The number of carbonyl (C=O) groups excluding carboxylic acids is 2. The highest BCUT2D eigenvalue weighted by molar-refractivity contribution is 5.94. The van der Waals surface area contributed by atoms with Gasteiger partial charge in [0.2, 0.25) is 5.91 Å². The van der Waals surface area contributed by atoms with Gasteiger partial charge in [0.25, 0.3) is 0 Å². The standard InChI is InChI=1S/C16H22N2O3/c1-4-11-18(12-15(19)21-5-2)13(3)16(20)17-14-9-7-6-8-10-14/h4,6-10,13H,1,5,11-12H2,2-3H3,(H,17,20). The van der Waals surface area contributed by atoms with Gasteiger partial charge in [-0.25, -0.2) is 0 Å². The number of hydrogen-bond donors (Lipinski definition) is 1. The van der Waals surface area contributed by atoms with Crippen LogP contribution in [0.15, 0.2) is 43.0 Å². The summed E-state index contributed by atoms with van der Waals surface area (Å²) in [6.07, 6.45) is 1.66. The van der Waals surface area contributed by atoms with Crippen LogP contribution in [0.5, 0.6) is 0 Å². The second-order valence-corrected chi connectivity index (χ2v) is 4.55. The van der Waals surface area contributed by atoms with Gasteiger partial charge in [-0.15, -0.1) is 6.58 Å². The van der Waals surface area contributed by atoms with Crippen LogP contribution in [0.3, 0.4) is 0 Å². The molecule has 5 heteroatoms. The molecule has 1 unspecified atom stereocenters. The topological polar surface area (TPSA) is 58.6 Å². The lowest BCUT2D eigenvalue weighted by atomic mass is 10.2. The highest BCUT2D eigenvalue weighted by Crippen LogP contribution is 2.08. The van der Waals surface area contributed by atoms with Crippen LogP contribution in [-0.4, -0.2) is 42.5 Å². The lowest BCUT2D eigenvalue weighted by Crippen LogP contribution is -2.45. The van der Waals surface area contributed by atoms with Gasteiger partial charge in [0.15, 0.2) is 0 Å². The van der Waals surface area contributed by atoms with Crippen molar-refractivity contribution >= 4 is 17.6 Å². The molecule has 0 bridgehead atoms. The first-order valence-electron chi connectivity index (χ1n) is 6.95. The normalized spacial score (nSPS) is 11.8. The molecule has 0 saturated heterocycles. The molecule has 0 aromatic heterocycles. The summed E-state index contributed by atoms with van der Waals surface area (Å²) in [5.74, 6) is -0.522. The average Bonchev–Trinajstić information content (AvgIpc) is 2.47. The van der Waals surface area contributed by atoms with E-state index in [1.807, 2.05) is 30.3 Å². The van der Waals surface area contributed by atoms with Gasteiger partial charge in [-0.2, -0.15) is 0 Å². The predicted molar refractivity (Wildman–Crippen MR) is 82.9 cm³/mol. The van der Waals surface area contributed by atoms with Crippen LogP contribution >= 0.6 is 0 Å². The van der Waals surface area contributed by atoms with Gasteiger partial charge in [-0.05, 0) is 26.0 Å². The third kappa shape index (κ3) is 5.79. The summed E-state index contributed by atoms with van der Waals surface area (Å²) in [7, 11) is 0. The lowest BCUT2D eigenvalue weighted by Gasteiger charge is -2.26. The van der Waals surface area contributed by atoms with Crippen molar-refractivity contribution in [3.8, 4) is 0 Å². The molecule has 1 amide bonds. The van der Waals surface area contributed by atoms with Crippen molar-refractivity contribution < 1.29 is 14.3 Å². The minimum atomic E-state index is -0.465. The van der Waals surface area contributed by atoms with E-state index < -0.39 is 6.04 Å². The molecule has 5 nitrogen and oxygen atoms in total. The van der Waals surface area contributed by atoms with Gasteiger partial charge < -0.3 is 10.1 Å². The first kappa shape index (κ1) is 16.9. The van der Waals surface area contributed by atoms with Crippen molar-refractivity contribution in [2.24, 2.45) is 0 Å². The third-order valence-electron chi connectivity index (χ3n) is 2.97. The summed E-state index contributed by atoms with van der Waals surface area (Å²) in [4.78, 5) is 25.5. The number of nitrogens with zero attached hydrogens (tertiary/aromatic N) is 1. The molecule has 0 aliphatic rings. The number of rotatable bonds is 8. The maximum absolute atomic E-state index is 12.2. The Bertz CT molecular complexity index is 474. The summed E-state index contributed by atoms with van der Waals surface area (Å²) < 4.78 is 4.92. The molecule has 0 saturated carbocycles. The van der Waals surface area contributed by atoms with Gasteiger partial charge in [0.1, 0.15) is 0 Å². The Kier molecular flexibility index (Phi) is 7.18. The zero-order valence-electron chi connectivity index (χ0n) is 12.5. The molecule has 0 fully saturated rings. The van der Waals surface area contributed by atoms with E-state index in [1.54, 1.807) is 24.8 Å². The molecule has 1 atom stereocenters. The van der Waals surface area contributed by atoms with E-state index in [0.29, 0.717) is 13.2 Å². The van der Waals surface area contributed by atoms with Crippen molar-refractivity contribution in [1.29, 1.82) is 0 Å². The van der Waals surface area contributed by atoms with Crippen molar-refractivity contribution in [1.82, 2.24) is 4.90 Å². The number of carbonyl (C=O) groups is 2. The molecule has 1 aromatic carbocycles. The van der Waals surface area contributed by atoms with E-state index in [-0.39, 0.29) is 18.4 Å². The fraction of sp³-hybridized carbons (Fsp3) is 0.375. The lowest BCUT2D eigenvalue weighted by molar-refractivity contribution is -0.145. The number of para-hydroxylation sites is 1.